The number of benzene rings is 1. The fourth-order valence-electron chi connectivity index (χ4n) is 1.98. The molecule has 0 radical (unpaired) electrons. The number of aryl methyl sites for hydroxylation is 1. The Kier molecular flexibility index (Phi) is 7.92. The summed E-state index contributed by atoms with van der Waals surface area (Å²) in [6.07, 6.45) is 1.24. The van der Waals surface area contributed by atoms with Crippen LogP contribution in [-0.4, -0.2) is 38.9 Å². The molecule has 1 N–H and O–H groups in total. The highest BCUT2D eigenvalue weighted by Gasteiger charge is 2.09. The van der Waals surface area contributed by atoms with Crippen molar-refractivity contribution < 1.29 is 14.3 Å². The van der Waals surface area contributed by atoms with Crippen molar-refractivity contribution in [2.45, 2.75) is 32.7 Å². The number of carbonyl (C=O) groups excluding carboxylic acids is 1. The number of methoxy groups -OCH3 is 1. The number of hydrogen-bond donors (Lipinski definition) is 1. The maximum atomic E-state index is 11.7. The highest BCUT2D eigenvalue weighted by molar-refractivity contribution is 5.76. The molecule has 0 aliphatic carbocycles. The molecular weight excluding hydrogens is 254 g/mol. The van der Waals surface area contributed by atoms with Gasteiger partial charge in [0.25, 0.3) is 0 Å². The summed E-state index contributed by atoms with van der Waals surface area (Å²) in [5.74, 6) is 0.0310. The molecule has 0 fully saturated rings. The van der Waals surface area contributed by atoms with Crippen molar-refractivity contribution in [2.75, 3.05) is 26.9 Å². The number of ether oxygens (including phenoxy) is 2. The molecule has 0 unspecified atom stereocenters. The Labute approximate surface area is 121 Å². The van der Waals surface area contributed by atoms with E-state index in [0.29, 0.717) is 26.2 Å². The van der Waals surface area contributed by atoms with Gasteiger partial charge in [0.05, 0.1) is 19.8 Å². The monoisotopic (exact) mass is 279 g/mol. The van der Waals surface area contributed by atoms with E-state index in [9.17, 15) is 4.79 Å². The second kappa shape index (κ2) is 9.50. The Balaban J connectivity index is 2.23. The van der Waals surface area contributed by atoms with Gasteiger partial charge in [0.1, 0.15) is 0 Å². The summed E-state index contributed by atoms with van der Waals surface area (Å²) in [4.78, 5) is 11.7. The predicted octanol–water partition coefficient (Wildman–Crippen LogP) is 2.10. The summed E-state index contributed by atoms with van der Waals surface area (Å²) in [5.41, 5.74) is 2.54. The van der Waals surface area contributed by atoms with Gasteiger partial charge in [-0.15, -0.1) is 0 Å². The lowest BCUT2D eigenvalue weighted by Gasteiger charge is -2.15. The summed E-state index contributed by atoms with van der Waals surface area (Å²) in [6.45, 7) is 5.64. The Bertz CT molecular complexity index is 406. The minimum absolute atomic E-state index is 0.0310. The molecule has 0 heterocycles. The molecule has 0 bridgehead atoms. The smallest absolute Gasteiger partial charge is 0.222 e. The SMILES string of the molecule is COCCOCCC(=O)N[C@@H](C)Cc1ccccc1C. The van der Waals surface area contributed by atoms with Gasteiger partial charge >= 0.3 is 0 Å². The first kappa shape index (κ1) is 16.7. The van der Waals surface area contributed by atoms with E-state index in [0.717, 1.165) is 6.42 Å². The fraction of sp³-hybridized carbons (Fsp3) is 0.562. The molecule has 4 nitrogen and oxygen atoms in total. The van der Waals surface area contributed by atoms with Gasteiger partial charge in [0.2, 0.25) is 5.91 Å². The molecule has 112 valence electrons. The Morgan fingerprint density at radius 3 is 2.70 bits per heavy atom. The number of nitrogens with one attached hydrogen (secondary N) is 1. The first-order valence-electron chi connectivity index (χ1n) is 7.04. The van der Waals surface area contributed by atoms with Gasteiger partial charge in [0.15, 0.2) is 0 Å². The summed E-state index contributed by atoms with van der Waals surface area (Å²) >= 11 is 0. The van der Waals surface area contributed by atoms with Crippen LogP contribution in [0.25, 0.3) is 0 Å². The van der Waals surface area contributed by atoms with Gasteiger partial charge in [0, 0.05) is 19.6 Å². The minimum Gasteiger partial charge on any atom is -0.382 e. The first-order valence-corrected chi connectivity index (χ1v) is 7.04. The lowest BCUT2D eigenvalue weighted by Crippen LogP contribution is -2.34. The number of hydrogen-bond acceptors (Lipinski definition) is 3. The van der Waals surface area contributed by atoms with Gasteiger partial charge in [-0.05, 0) is 31.4 Å². The van der Waals surface area contributed by atoms with Crippen LogP contribution in [-0.2, 0) is 20.7 Å². The third-order valence-corrected chi connectivity index (χ3v) is 3.10. The zero-order valence-corrected chi connectivity index (χ0v) is 12.6. The zero-order chi connectivity index (χ0) is 14.8. The van der Waals surface area contributed by atoms with Crippen molar-refractivity contribution in [3.63, 3.8) is 0 Å². The summed E-state index contributed by atoms with van der Waals surface area (Å²) in [5, 5.41) is 3.00. The lowest BCUT2D eigenvalue weighted by atomic mass is 10.0. The Hall–Kier alpha value is -1.39. The summed E-state index contributed by atoms with van der Waals surface area (Å²) in [6, 6.07) is 8.38. The van der Waals surface area contributed by atoms with E-state index < -0.39 is 0 Å². The summed E-state index contributed by atoms with van der Waals surface area (Å²) in [7, 11) is 1.63. The molecule has 1 atom stereocenters. The van der Waals surface area contributed by atoms with Crippen molar-refractivity contribution in [3.8, 4) is 0 Å². The summed E-state index contributed by atoms with van der Waals surface area (Å²) < 4.78 is 10.1. The van der Waals surface area contributed by atoms with Gasteiger partial charge in [-0.2, -0.15) is 0 Å². The fourth-order valence-corrected chi connectivity index (χ4v) is 1.98. The number of rotatable bonds is 9. The van der Waals surface area contributed by atoms with E-state index in [-0.39, 0.29) is 11.9 Å². The van der Waals surface area contributed by atoms with Crippen LogP contribution in [0, 0.1) is 6.92 Å². The molecule has 4 heteroatoms. The van der Waals surface area contributed by atoms with Crippen LogP contribution in [0.4, 0.5) is 0 Å². The standard InChI is InChI=1S/C16H25NO3/c1-13-6-4-5-7-15(13)12-14(2)17-16(18)8-9-20-11-10-19-3/h4-7,14H,8-12H2,1-3H3,(H,17,18)/t14-/m0/s1. The quantitative estimate of drug-likeness (QED) is 0.704. The molecule has 0 saturated heterocycles. The van der Waals surface area contributed by atoms with Crippen LogP contribution in [0.1, 0.15) is 24.5 Å². The minimum atomic E-state index is 0.0310. The molecule has 0 aromatic heterocycles. The number of amides is 1. The van der Waals surface area contributed by atoms with Gasteiger partial charge in [-0.25, -0.2) is 0 Å². The third-order valence-electron chi connectivity index (χ3n) is 3.10. The van der Waals surface area contributed by atoms with E-state index >= 15 is 0 Å². The molecule has 0 spiro atoms. The van der Waals surface area contributed by atoms with Crippen molar-refractivity contribution in [3.05, 3.63) is 35.4 Å². The predicted molar refractivity (Wildman–Crippen MR) is 79.8 cm³/mol. The zero-order valence-electron chi connectivity index (χ0n) is 12.6. The molecule has 20 heavy (non-hydrogen) atoms. The van der Waals surface area contributed by atoms with Crippen LogP contribution >= 0.6 is 0 Å². The van der Waals surface area contributed by atoms with Crippen molar-refractivity contribution >= 4 is 5.91 Å². The van der Waals surface area contributed by atoms with E-state index in [1.807, 2.05) is 19.1 Å². The lowest BCUT2D eigenvalue weighted by molar-refractivity contribution is -0.122. The van der Waals surface area contributed by atoms with Gasteiger partial charge < -0.3 is 14.8 Å². The maximum Gasteiger partial charge on any atom is 0.222 e. The maximum absolute atomic E-state index is 11.7. The Morgan fingerprint density at radius 2 is 2.00 bits per heavy atom. The van der Waals surface area contributed by atoms with Crippen molar-refractivity contribution in [2.24, 2.45) is 0 Å². The normalized spacial score (nSPS) is 12.2. The van der Waals surface area contributed by atoms with Crippen LogP contribution in [0.3, 0.4) is 0 Å². The van der Waals surface area contributed by atoms with Crippen molar-refractivity contribution in [1.82, 2.24) is 5.32 Å². The van der Waals surface area contributed by atoms with Crippen LogP contribution in [0.2, 0.25) is 0 Å². The molecule has 1 rings (SSSR count). The van der Waals surface area contributed by atoms with Crippen LogP contribution in [0.5, 0.6) is 0 Å². The van der Waals surface area contributed by atoms with Gasteiger partial charge in [-0.1, -0.05) is 24.3 Å². The second-order valence-corrected chi connectivity index (χ2v) is 4.95. The second-order valence-electron chi connectivity index (χ2n) is 4.95. The van der Waals surface area contributed by atoms with Crippen LogP contribution in [0.15, 0.2) is 24.3 Å². The largest absolute Gasteiger partial charge is 0.382 e. The molecule has 0 saturated carbocycles. The van der Waals surface area contributed by atoms with Gasteiger partial charge in [-0.3, -0.25) is 4.79 Å². The third kappa shape index (κ3) is 6.68. The highest BCUT2D eigenvalue weighted by atomic mass is 16.5. The molecule has 0 aliphatic rings. The molecular formula is C16H25NO3. The first-order chi connectivity index (χ1) is 9.63. The average molecular weight is 279 g/mol. The highest BCUT2D eigenvalue weighted by Crippen LogP contribution is 2.09. The van der Waals surface area contributed by atoms with E-state index in [2.05, 4.69) is 24.4 Å². The van der Waals surface area contributed by atoms with E-state index in [1.165, 1.54) is 11.1 Å². The molecule has 1 amide bonds. The molecule has 0 aliphatic heterocycles. The van der Waals surface area contributed by atoms with E-state index in [4.69, 9.17) is 9.47 Å². The van der Waals surface area contributed by atoms with E-state index in [1.54, 1.807) is 7.11 Å². The topological polar surface area (TPSA) is 47.6 Å². The van der Waals surface area contributed by atoms with Crippen molar-refractivity contribution in [1.29, 1.82) is 0 Å². The Morgan fingerprint density at radius 1 is 1.25 bits per heavy atom. The van der Waals surface area contributed by atoms with Crippen LogP contribution < -0.4 is 5.32 Å². The molecule has 1 aromatic rings. The average Bonchev–Trinajstić information content (AvgIpc) is 2.41. The molecule has 1 aromatic carbocycles. The number of carbonyl (C=O) groups is 1.